The van der Waals surface area contributed by atoms with Gasteiger partial charge in [0.2, 0.25) is 5.88 Å². The summed E-state index contributed by atoms with van der Waals surface area (Å²) >= 11 is 3.37. The smallest absolute Gasteiger partial charge is 0.319 e. The van der Waals surface area contributed by atoms with E-state index in [4.69, 9.17) is 9.84 Å². The largest absolute Gasteiger partial charge is 0.439 e. The molecule has 3 N–H and O–H groups in total. The van der Waals surface area contributed by atoms with Crippen molar-refractivity contribution in [2.45, 2.75) is 6.42 Å². The highest BCUT2D eigenvalue weighted by Crippen LogP contribution is 2.23. The Morgan fingerprint density at radius 2 is 2.18 bits per heavy atom. The fraction of sp³-hybridized carbons (Fsp3) is 0.200. The fourth-order valence-electron chi connectivity index (χ4n) is 1.62. The molecule has 0 saturated heterocycles. The Bertz CT molecular complexity index is 620. The van der Waals surface area contributed by atoms with Crippen LogP contribution in [0.25, 0.3) is 0 Å². The van der Waals surface area contributed by atoms with Gasteiger partial charge < -0.3 is 20.5 Å². The molecule has 116 valence electrons. The molecule has 1 aromatic carbocycles. The topological polar surface area (TPSA) is 83.5 Å². The summed E-state index contributed by atoms with van der Waals surface area (Å²) in [5, 5.41) is 13.9. The van der Waals surface area contributed by atoms with E-state index in [-0.39, 0.29) is 12.6 Å². The van der Waals surface area contributed by atoms with Crippen molar-refractivity contribution in [3.63, 3.8) is 0 Å². The molecule has 0 saturated carbocycles. The Balaban J connectivity index is 1.88. The third-order valence-electron chi connectivity index (χ3n) is 2.63. The molecule has 0 fully saturated rings. The van der Waals surface area contributed by atoms with E-state index in [9.17, 15) is 4.79 Å². The first kappa shape index (κ1) is 16.3. The number of halogens is 1. The first-order valence-electron chi connectivity index (χ1n) is 6.72. The van der Waals surface area contributed by atoms with Crippen molar-refractivity contribution in [2.24, 2.45) is 0 Å². The van der Waals surface area contributed by atoms with E-state index in [1.54, 1.807) is 12.1 Å². The van der Waals surface area contributed by atoms with Crippen LogP contribution < -0.4 is 15.4 Å². The lowest BCUT2D eigenvalue weighted by Gasteiger charge is -2.08. The Hall–Kier alpha value is -2.12. The van der Waals surface area contributed by atoms with E-state index >= 15 is 0 Å². The van der Waals surface area contributed by atoms with Gasteiger partial charge >= 0.3 is 6.03 Å². The maximum absolute atomic E-state index is 11.5. The number of carbonyl (C=O) groups excluding carboxylic acids is 1. The quantitative estimate of drug-likeness (QED) is 0.686. The Kier molecular flexibility index (Phi) is 6.17. The lowest BCUT2D eigenvalue weighted by Crippen LogP contribution is -2.29. The minimum absolute atomic E-state index is 0.0451. The van der Waals surface area contributed by atoms with Crippen LogP contribution in [0.2, 0.25) is 0 Å². The summed E-state index contributed by atoms with van der Waals surface area (Å²) in [6.45, 7) is 0.462. The predicted octanol–water partition coefficient (Wildman–Crippen LogP) is 3.14. The van der Waals surface area contributed by atoms with Gasteiger partial charge in [0, 0.05) is 23.7 Å². The van der Waals surface area contributed by atoms with E-state index in [0.29, 0.717) is 30.3 Å². The van der Waals surface area contributed by atoms with Crippen molar-refractivity contribution in [3.8, 4) is 11.6 Å². The van der Waals surface area contributed by atoms with Crippen molar-refractivity contribution < 1.29 is 14.6 Å². The molecule has 0 aliphatic heterocycles. The number of rotatable bonds is 6. The molecule has 1 heterocycles. The lowest BCUT2D eigenvalue weighted by atomic mass is 10.3. The molecule has 6 nitrogen and oxygen atoms in total. The van der Waals surface area contributed by atoms with Gasteiger partial charge in [-0.3, -0.25) is 0 Å². The SMILES string of the molecule is O=C(NCCCO)Nc1ccc(Oc2cccc(Br)c2)nc1. The van der Waals surface area contributed by atoms with Crippen LogP contribution in [0.1, 0.15) is 6.42 Å². The van der Waals surface area contributed by atoms with Crippen LogP contribution in [-0.2, 0) is 0 Å². The van der Waals surface area contributed by atoms with E-state index < -0.39 is 0 Å². The van der Waals surface area contributed by atoms with Gasteiger partial charge in [0.15, 0.2) is 0 Å². The Labute approximate surface area is 136 Å². The van der Waals surface area contributed by atoms with Crippen molar-refractivity contribution in [3.05, 3.63) is 47.1 Å². The molecule has 0 unspecified atom stereocenters. The number of hydrogen-bond donors (Lipinski definition) is 3. The van der Waals surface area contributed by atoms with Crippen LogP contribution in [0.4, 0.5) is 10.5 Å². The molecule has 22 heavy (non-hydrogen) atoms. The molecule has 0 aliphatic rings. The monoisotopic (exact) mass is 365 g/mol. The van der Waals surface area contributed by atoms with Crippen molar-refractivity contribution in [1.29, 1.82) is 0 Å². The van der Waals surface area contributed by atoms with Gasteiger partial charge in [0.25, 0.3) is 0 Å². The first-order chi connectivity index (χ1) is 10.7. The summed E-state index contributed by atoms with van der Waals surface area (Å²) in [5.74, 6) is 1.11. The summed E-state index contributed by atoms with van der Waals surface area (Å²) in [6, 6.07) is 10.5. The minimum atomic E-state index is -0.337. The standard InChI is InChI=1S/C15H16BrN3O3/c16-11-3-1-4-13(9-11)22-14-6-5-12(10-18-14)19-15(21)17-7-2-8-20/h1,3-6,9-10,20H,2,7-8H2,(H2,17,19,21). The number of benzene rings is 1. The van der Waals surface area contributed by atoms with E-state index in [2.05, 4.69) is 31.5 Å². The summed E-state index contributed by atoms with van der Waals surface area (Å²) in [4.78, 5) is 15.7. The number of aliphatic hydroxyl groups is 1. The Morgan fingerprint density at radius 1 is 1.32 bits per heavy atom. The zero-order valence-corrected chi connectivity index (χ0v) is 13.3. The second kappa shape index (κ2) is 8.35. The second-order valence-electron chi connectivity index (χ2n) is 4.40. The maximum atomic E-state index is 11.5. The summed E-state index contributed by atoms with van der Waals surface area (Å²) in [5.41, 5.74) is 0.558. The number of aliphatic hydroxyl groups excluding tert-OH is 1. The highest BCUT2D eigenvalue weighted by atomic mass is 79.9. The molecular formula is C15H16BrN3O3. The molecule has 1 aromatic heterocycles. The van der Waals surface area contributed by atoms with Crippen LogP contribution in [0.15, 0.2) is 47.1 Å². The molecule has 0 radical (unpaired) electrons. The summed E-state index contributed by atoms with van der Waals surface area (Å²) in [7, 11) is 0. The van der Waals surface area contributed by atoms with Crippen LogP contribution in [0.5, 0.6) is 11.6 Å². The number of aromatic nitrogens is 1. The number of anilines is 1. The van der Waals surface area contributed by atoms with Gasteiger partial charge in [0.05, 0.1) is 11.9 Å². The number of urea groups is 1. The lowest BCUT2D eigenvalue weighted by molar-refractivity contribution is 0.249. The van der Waals surface area contributed by atoms with E-state index in [1.807, 2.05) is 24.3 Å². The van der Waals surface area contributed by atoms with Crippen molar-refractivity contribution in [2.75, 3.05) is 18.5 Å². The summed E-state index contributed by atoms with van der Waals surface area (Å²) in [6.07, 6.45) is 2.03. The first-order valence-corrected chi connectivity index (χ1v) is 7.52. The van der Waals surface area contributed by atoms with Crippen LogP contribution in [0.3, 0.4) is 0 Å². The number of ether oxygens (including phenoxy) is 1. The molecule has 2 rings (SSSR count). The Morgan fingerprint density at radius 3 is 2.86 bits per heavy atom. The predicted molar refractivity (Wildman–Crippen MR) is 87.2 cm³/mol. The third kappa shape index (κ3) is 5.34. The van der Waals surface area contributed by atoms with Crippen molar-refractivity contribution >= 4 is 27.6 Å². The van der Waals surface area contributed by atoms with Crippen LogP contribution in [0, 0.1) is 0 Å². The van der Waals surface area contributed by atoms with E-state index in [1.165, 1.54) is 6.20 Å². The van der Waals surface area contributed by atoms with Gasteiger partial charge in [-0.05, 0) is 30.7 Å². The van der Waals surface area contributed by atoms with Gasteiger partial charge in [-0.2, -0.15) is 0 Å². The third-order valence-corrected chi connectivity index (χ3v) is 3.13. The number of hydrogen-bond acceptors (Lipinski definition) is 4. The average molecular weight is 366 g/mol. The molecule has 2 aromatic rings. The second-order valence-corrected chi connectivity index (χ2v) is 5.32. The van der Waals surface area contributed by atoms with E-state index in [0.717, 1.165) is 4.47 Å². The number of pyridine rings is 1. The van der Waals surface area contributed by atoms with Crippen LogP contribution >= 0.6 is 15.9 Å². The average Bonchev–Trinajstić information content (AvgIpc) is 2.50. The van der Waals surface area contributed by atoms with Gasteiger partial charge in [-0.1, -0.05) is 22.0 Å². The highest BCUT2D eigenvalue weighted by molar-refractivity contribution is 9.10. The fourth-order valence-corrected chi connectivity index (χ4v) is 2.00. The highest BCUT2D eigenvalue weighted by Gasteiger charge is 2.03. The normalized spacial score (nSPS) is 10.1. The van der Waals surface area contributed by atoms with Gasteiger partial charge in [-0.15, -0.1) is 0 Å². The number of amides is 2. The minimum Gasteiger partial charge on any atom is -0.439 e. The van der Waals surface area contributed by atoms with Crippen LogP contribution in [-0.4, -0.2) is 29.3 Å². The van der Waals surface area contributed by atoms with Gasteiger partial charge in [-0.25, -0.2) is 9.78 Å². The molecule has 0 bridgehead atoms. The molecule has 0 aliphatic carbocycles. The molecule has 0 spiro atoms. The molecular weight excluding hydrogens is 350 g/mol. The maximum Gasteiger partial charge on any atom is 0.319 e. The summed E-state index contributed by atoms with van der Waals surface area (Å²) < 4.78 is 6.52. The number of nitrogens with one attached hydrogen (secondary N) is 2. The zero-order valence-electron chi connectivity index (χ0n) is 11.8. The molecule has 2 amide bonds. The number of nitrogens with zero attached hydrogens (tertiary/aromatic N) is 1. The number of carbonyl (C=O) groups is 1. The van der Waals surface area contributed by atoms with Crippen molar-refractivity contribution in [1.82, 2.24) is 10.3 Å². The zero-order chi connectivity index (χ0) is 15.8. The van der Waals surface area contributed by atoms with Gasteiger partial charge in [0.1, 0.15) is 5.75 Å². The molecule has 0 atom stereocenters. The molecule has 7 heteroatoms.